The van der Waals surface area contributed by atoms with Crippen LogP contribution < -0.4 is 5.32 Å². The summed E-state index contributed by atoms with van der Waals surface area (Å²) in [4.78, 5) is 6.61. The Morgan fingerprint density at radius 2 is 2.15 bits per heavy atom. The molecule has 1 fully saturated rings. The minimum atomic E-state index is 0.589. The maximum Gasteiger partial charge on any atom is 0.0962 e. The van der Waals surface area contributed by atoms with Gasteiger partial charge in [0.25, 0.3) is 0 Å². The Hall–Kier alpha value is -0.410. The summed E-state index contributed by atoms with van der Waals surface area (Å²) in [5.74, 6) is 1.64. The number of aromatic nitrogens is 1. The zero-order valence-corrected chi connectivity index (χ0v) is 13.8. The first-order valence-corrected chi connectivity index (χ1v) is 9.32. The molecule has 3 atom stereocenters. The van der Waals surface area contributed by atoms with Crippen LogP contribution in [0.15, 0.2) is 0 Å². The molecule has 1 aromatic heterocycles. The number of rotatable bonds is 4. The number of hydrogen-bond donors (Lipinski definition) is 1. The molecule has 3 rings (SSSR count). The molecule has 20 heavy (non-hydrogen) atoms. The van der Waals surface area contributed by atoms with E-state index in [0.717, 1.165) is 18.4 Å². The lowest BCUT2D eigenvalue weighted by Crippen LogP contribution is -2.24. The first kappa shape index (κ1) is 14.5. The Balaban J connectivity index is 1.76. The molecule has 0 aromatic carbocycles. The molecule has 1 saturated carbocycles. The third-order valence-electron chi connectivity index (χ3n) is 4.89. The first-order chi connectivity index (χ1) is 9.78. The van der Waals surface area contributed by atoms with Crippen molar-refractivity contribution in [2.75, 3.05) is 6.54 Å². The molecule has 1 aromatic rings. The highest BCUT2D eigenvalue weighted by atomic mass is 32.1. The van der Waals surface area contributed by atoms with Gasteiger partial charge in [0, 0.05) is 16.8 Å². The number of nitrogens with one attached hydrogen (secondary N) is 1. The number of aryl methyl sites for hydroxylation is 1. The lowest BCUT2D eigenvalue weighted by atomic mass is 9.83. The van der Waals surface area contributed by atoms with Crippen molar-refractivity contribution in [3.8, 4) is 0 Å². The van der Waals surface area contributed by atoms with Crippen LogP contribution in [0, 0.1) is 5.92 Å². The second kappa shape index (κ2) is 6.57. The zero-order chi connectivity index (χ0) is 13.9. The summed E-state index contributed by atoms with van der Waals surface area (Å²) >= 11 is 2.03. The van der Waals surface area contributed by atoms with Crippen molar-refractivity contribution < 1.29 is 0 Å². The molecule has 2 aliphatic carbocycles. The summed E-state index contributed by atoms with van der Waals surface area (Å²) in [6, 6.07) is 0.589. The lowest BCUT2D eigenvalue weighted by Gasteiger charge is -2.25. The van der Waals surface area contributed by atoms with Gasteiger partial charge in [0.1, 0.15) is 0 Å². The van der Waals surface area contributed by atoms with Crippen LogP contribution in [0.5, 0.6) is 0 Å². The molecule has 112 valence electrons. The van der Waals surface area contributed by atoms with Crippen LogP contribution in [0.4, 0.5) is 0 Å². The number of thiazole rings is 1. The molecule has 0 spiro atoms. The Labute approximate surface area is 127 Å². The highest BCUT2D eigenvalue weighted by Crippen LogP contribution is 2.42. The van der Waals surface area contributed by atoms with Crippen LogP contribution in [0.1, 0.15) is 86.3 Å². The van der Waals surface area contributed by atoms with Gasteiger partial charge in [-0.2, -0.15) is 0 Å². The first-order valence-electron chi connectivity index (χ1n) is 8.50. The van der Waals surface area contributed by atoms with Crippen LogP contribution in [-0.4, -0.2) is 11.5 Å². The normalized spacial score (nSPS) is 30.2. The second-order valence-corrected chi connectivity index (χ2v) is 7.79. The van der Waals surface area contributed by atoms with Crippen molar-refractivity contribution >= 4 is 11.3 Å². The van der Waals surface area contributed by atoms with Gasteiger partial charge in [-0.15, -0.1) is 11.3 Å². The van der Waals surface area contributed by atoms with Crippen molar-refractivity contribution in [3.05, 3.63) is 15.6 Å². The van der Waals surface area contributed by atoms with Gasteiger partial charge in [-0.05, 0) is 51.0 Å². The predicted octanol–water partition coefficient (Wildman–Crippen LogP) is 4.81. The van der Waals surface area contributed by atoms with E-state index in [0.29, 0.717) is 6.04 Å². The van der Waals surface area contributed by atoms with E-state index in [4.69, 9.17) is 4.98 Å². The van der Waals surface area contributed by atoms with E-state index < -0.39 is 0 Å². The van der Waals surface area contributed by atoms with E-state index in [1.807, 2.05) is 11.3 Å². The molecule has 0 radical (unpaired) electrons. The Morgan fingerprint density at radius 3 is 2.95 bits per heavy atom. The highest BCUT2D eigenvalue weighted by Gasteiger charge is 2.28. The topological polar surface area (TPSA) is 24.9 Å². The summed E-state index contributed by atoms with van der Waals surface area (Å²) in [6.45, 7) is 5.79. The van der Waals surface area contributed by atoms with Crippen molar-refractivity contribution in [2.45, 2.75) is 77.2 Å². The summed E-state index contributed by atoms with van der Waals surface area (Å²) in [6.07, 6.45) is 10.6. The number of hydrogen-bond acceptors (Lipinski definition) is 3. The standard InChI is InChI=1S/C17H28N2S/c1-3-10-18-14-8-5-9-15-16(14)20-17(19-15)13-7-4-6-12(2)11-13/h12-14,18H,3-11H2,1-2H3. The zero-order valence-electron chi connectivity index (χ0n) is 13.0. The fourth-order valence-corrected chi connectivity index (χ4v) is 5.16. The minimum Gasteiger partial charge on any atom is -0.309 e. The molecule has 2 nitrogen and oxygen atoms in total. The lowest BCUT2D eigenvalue weighted by molar-refractivity contribution is 0.343. The summed E-state index contributed by atoms with van der Waals surface area (Å²) in [5, 5.41) is 5.17. The van der Waals surface area contributed by atoms with Crippen molar-refractivity contribution in [2.24, 2.45) is 5.92 Å². The Bertz CT molecular complexity index is 440. The summed E-state index contributed by atoms with van der Waals surface area (Å²) in [5.41, 5.74) is 1.42. The largest absolute Gasteiger partial charge is 0.309 e. The molecular weight excluding hydrogens is 264 g/mol. The van der Waals surface area contributed by atoms with Crippen LogP contribution >= 0.6 is 11.3 Å². The molecule has 1 heterocycles. The fraction of sp³-hybridized carbons (Fsp3) is 0.824. The molecule has 0 bridgehead atoms. The van der Waals surface area contributed by atoms with Gasteiger partial charge < -0.3 is 5.32 Å². The maximum absolute atomic E-state index is 5.05. The van der Waals surface area contributed by atoms with Crippen molar-refractivity contribution in [3.63, 3.8) is 0 Å². The third-order valence-corrected chi connectivity index (χ3v) is 6.27. The smallest absolute Gasteiger partial charge is 0.0962 e. The number of nitrogens with zero attached hydrogens (tertiary/aromatic N) is 1. The molecule has 3 unspecified atom stereocenters. The molecule has 3 heteroatoms. The van der Waals surface area contributed by atoms with E-state index in [2.05, 4.69) is 19.2 Å². The van der Waals surface area contributed by atoms with Crippen LogP contribution in [0.2, 0.25) is 0 Å². The fourth-order valence-electron chi connectivity index (χ4n) is 3.78. The predicted molar refractivity (Wildman–Crippen MR) is 86.5 cm³/mol. The van der Waals surface area contributed by atoms with E-state index in [1.54, 1.807) is 4.88 Å². The van der Waals surface area contributed by atoms with Crippen LogP contribution in [0.25, 0.3) is 0 Å². The van der Waals surface area contributed by atoms with Gasteiger partial charge in [0.05, 0.1) is 10.7 Å². The second-order valence-electron chi connectivity index (χ2n) is 6.73. The number of fused-ring (bicyclic) bond motifs is 1. The molecular formula is C17H28N2S. The Kier molecular flexibility index (Phi) is 4.77. The van der Waals surface area contributed by atoms with Gasteiger partial charge in [0.15, 0.2) is 0 Å². The van der Waals surface area contributed by atoms with Crippen molar-refractivity contribution in [1.82, 2.24) is 10.3 Å². The summed E-state index contributed by atoms with van der Waals surface area (Å²) < 4.78 is 0. The van der Waals surface area contributed by atoms with Gasteiger partial charge >= 0.3 is 0 Å². The minimum absolute atomic E-state index is 0.589. The van der Waals surface area contributed by atoms with E-state index in [9.17, 15) is 0 Å². The molecule has 0 aliphatic heterocycles. The van der Waals surface area contributed by atoms with E-state index in [1.165, 1.54) is 62.1 Å². The van der Waals surface area contributed by atoms with Gasteiger partial charge in [0.2, 0.25) is 0 Å². The molecule has 2 aliphatic rings. The van der Waals surface area contributed by atoms with E-state index >= 15 is 0 Å². The van der Waals surface area contributed by atoms with Crippen LogP contribution in [-0.2, 0) is 6.42 Å². The SMILES string of the molecule is CCCNC1CCCc2nc(C3CCCC(C)C3)sc21. The molecule has 1 N–H and O–H groups in total. The maximum atomic E-state index is 5.05. The quantitative estimate of drug-likeness (QED) is 0.861. The van der Waals surface area contributed by atoms with Crippen molar-refractivity contribution in [1.29, 1.82) is 0 Å². The monoisotopic (exact) mass is 292 g/mol. The average molecular weight is 292 g/mol. The summed E-state index contributed by atoms with van der Waals surface area (Å²) in [7, 11) is 0. The van der Waals surface area contributed by atoms with Gasteiger partial charge in [-0.25, -0.2) is 4.98 Å². The highest BCUT2D eigenvalue weighted by molar-refractivity contribution is 7.12. The van der Waals surface area contributed by atoms with Gasteiger partial charge in [-0.1, -0.05) is 26.7 Å². The van der Waals surface area contributed by atoms with Crippen LogP contribution in [0.3, 0.4) is 0 Å². The molecule has 0 saturated heterocycles. The van der Waals surface area contributed by atoms with E-state index in [-0.39, 0.29) is 0 Å². The average Bonchev–Trinajstić information content (AvgIpc) is 2.89. The van der Waals surface area contributed by atoms with Gasteiger partial charge in [-0.3, -0.25) is 0 Å². The third kappa shape index (κ3) is 3.09. The molecule has 0 amide bonds. The Morgan fingerprint density at radius 1 is 1.25 bits per heavy atom.